The molecule has 0 aromatic heterocycles. The molecule has 0 aromatic rings. The van der Waals surface area contributed by atoms with Crippen LogP contribution in [0.3, 0.4) is 0 Å². The summed E-state index contributed by atoms with van der Waals surface area (Å²) in [5.41, 5.74) is 0. The minimum absolute atomic E-state index is 0. The van der Waals surface area contributed by atoms with Crippen LogP contribution < -0.4 is 48.0 Å². The number of rotatable bonds is 0. The molecule has 0 spiro atoms. The Morgan fingerprint density at radius 2 is 0.600 bits per heavy atom. The van der Waals surface area contributed by atoms with Gasteiger partial charge in [0, 0.05) is 0 Å². The van der Waals surface area contributed by atoms with Gasteiger partial charge in [-0.25, -0.2) is 0 Å². The van der Waals surface area contributed by atoms with E-state index in [1.807, 2.05) is 0 Å². The van der Waals surface area contributed by atoms with Gasteiger partial charge in [0.15, 0.2) is 0 Å². The second kappa shape index (κ2) is 35.3. The van der Waals surface area contributed by atoms with Crippen LogP contribution in [0.1, 0.15) is 0 Å². The predicted octanol–water partition coefficient (Wildman–Crippen LogP) is -5.09. The Morgan fingerprint density at radius 1 is 0.600 bits per heavy atom. The van der Waals surface area contributed by atoms with E-state index in [1.54, 1.807) is 0 Å². The quantitative estimate of drug-likeness (QED) is 0.241. The molecule has 0 radical (unpaired) electrons. The van der Waals surface area contributed by atoms with E-state index in [0.717, 1.165) is 0 Å². The van der Waals surface area contributed by atoms with Crippen molar-refractivity contribution in [1.29, 1.82) is 0 Å². The van der Waals surface area contributed by atoms with Gasteiger partial charge in [-0.05, 0) is 0 Å². The fourth-order valence-corrected chi connectivity index (χ4v) is 0. The molecule has 0 aromatic carbocycles. The molecule has 0 N–H and O–H groups in total. The summed E-state index contributed by atoms with van der Waals surface area (Å²) in [6, 6.07) is 0. The normalized spacial score (nSPS) is 0. The summed E-state index contributed by atoms with van der Waals surface area (Å²) in [6.45, 7) is 0. The standard InChI is InChI=1S/2CH3.2HI.Pt/h2*1H3;2*1H;/q2*-1;;;+4/p-2. The number of halogens is 2. The molecule has 5 heavy (non-hydrogen) atoms. The Bertz CT molecular complexity index is 7.61. The van der Waals surface area contributed by atoms with Crippen molar-refractivity contribution in [1.82, 2.24) is 0 Å². The van der Waals surface area contributed by atoms with Crippen molar-refractivity contribution >= 4 is 0 Å². The molecule has 0 aliphatic carbocycles. The van der Waals surface area contributed by atoms with Gasteiger partial charge >= 0.3 is 21.1 Å². The third-order valence-electron chi connectivity index (χ3n) is 0. The van der Waals surface area contributed by atoms with Gasteiger partial charge in [-0.2, -0.15) is 0 Å². The Balaban J connectivity index is 0. The maximum atomic E-state index is 0. The van der Waals surface area contributed by atoms with Crippen LogP contribution in [0.4, 0.5) is 0 Å². The second-order valence-electron chi connectivity index (χ2n) is 0. The first-order valence-electron chi connectivity index (χ1n) is 0. The summed E-state index contributed by atoms with van der Waals surface area (Å²) in [5, 5.41) is 0. The summed E-state index contributed by atoms with van der Waals surface area (Å²) < 4.78 is 0. The van der Waals surface area contributed by atoms with Gasteiger partial charge in [-0.15, -0.1) is 0 Å². The first kappa shape index (κ1) is 58.5. The largest absolute Gasteiger partial charge is 4.00 e. The van der Waals surface area contributed by atoms with Crippen molar-refractivity contribution in [3.8, 4) is 0 Å². The Kier molecular flexibility index (Phi) is 413. The number of hydrogen-bond donors (Lipinski definition) is 0. The zero-order valence-electron chi connectivity index (χ0n) is 3.07. The van der Waals surface area contributed by atoms with E-state index in [2.05, 4.69) is 0 Å². The van der Waals surface area contributed by atoms with Crippen molar-refractivity contribution in [3.05, 3.63) is 14.9 Å². The topological polar surface area (TPSA) is 0 Å². The molecular formula is C2H6I2Pt. The van der Waals surface area contributed by atoms with Gasteiger partial charge in [0.1, 0.15) is 0 Å². The number of hydrogen-bond acceptors (Lipinski definition) is 0. The van der Waals surface area contributed by atoms with Crippen molar-refractivity contribution in [2.75, 3.05) is 0 Å². The molecule has 0 unspecified atom stereocenters. The zero-order valence-corrected chi connectivity index (χ0v) is 9.66. The summed E-state index contributed by atoms with van der Waals surface area (Å²) >= 11 is 0. The van der Waals surface area contributed by atoms with Crippen LogP contribution in [-0.4, -0.2) is 0 Å². The summed E-state index contributed by atoms with van der Waals surface area (Å²) in [4.78, 5) is 0. The molecule has 0 saturated heterocycles. The maximum Gasteiger partial charge on any atom is 4.00 e. The van der Waals surface area contributed by atoms with Gasteiger partial charge in [0.25, 0.3) is 0 Å². The molecule has 0 atom stereocenters. The molecule has 0 aliphatic rings. The van der Waals surface area contributed by atoms with Crippen molar-refractivity contribution in [3.63, 3.8) is 0 Å². The van der Waals surface area contributed by atoms with E-state index in [0.29, 0.717) is 0 Å². The van der Waals surface area contributed by atoms with E-state index in [9.17, 15) is 0 Å². The third-order valence-corrected chi connectivity index (χ3v) is 0. The van der Waals surface area contributed by atoms with Crippen molar-refractivity contribution in [2.45, 2.75) is 0 Å². The second-order valence-corrected chi connectivity index (χ2v) is 0. The van der Waals surface area contributed by atoms with E-state index >= 15 is 0 Å². The molecule has 0 aliphatic heterocycles. The van der Waals surface area contributed by atoms with Crippen molar-refractivity contribution in [2.24, 2.45) is 0 Å². The summed E-state index contributed by atoms with van der Waals surface area (Å²) in [5.74, 6) is 0. The average molecular weight is 479 g/mol. The Labute approximate surface area is 82.8 Å². The molecule has 0 amide bonds. The Hall–Kier alpha value is 2.15. The van der Waals surface area contributed by atoms with Crippen LogP contribution in [-0.2, 0) is 21.1 Å². The van der Waals surface area contributed by atoms with Crippen LogP contribution in [0.2, 0.25) is 0 Å². The van der Waals surface area contributed by atoms with Crippen LogP contribution in [0.5, 0.6) is 0 Å². The first-order chi connectivity index (χ1) is 0. The minimum Gasteiger partial charge on any atom is -1.00 e. The molecule has 3 heteroatoms. The summed E-state index contributed by atoms with van der Waals surface area (Å²) in [7, 11) is 0. The van der Waals surface area contributed by atoms with E-state index in [1.165, 1.54) is 0 Å². The van der Waals surface area contributed by atoms with E-state index in [4.69, 9.17) is 0 Å². The third kappa shape index (κ3) is 22.9. The molecule has 38 valence electrons. The summed E-state index contributed by atoms with van der Waals surface area (Å²) in [6.07, 6.45) is 0. The van der Waals surface area contributed by atoms with Crippen molar-refractivity contribution < 1.29 is 69.0 Å². The van der Waals surface area contributed by atoms with Crippen LogP contribution in [0, 0.1) is 14.9 Å². The Morgan fingerprint density at radius 3 is 0.600 bits per heavy atom. The SMILES string of the molecule is [CH3-].[CH3-].[I-].[I-].[Pt+4]. The van der Waals surface area contributed by atoms with Crippen LogP contribution in [0.25, 0.3) is 0 Å². The van der Waals surface area contributed by atoms with Gasteiger partial charge in [-0.3, -0.25) is 0 Å². The zero-order chi connectivity index (χ0) is 0. The molecule has 0 fully saturated rings. The molecule has 0 bridgehead atoms. The monoisotopic (exact) mass is 479 g/mol. The maximum absolute atomic E-state index is 0. The molecule has 0 saturated carbocycles. The van der Waals surface area contributed by atoms with E-state index < -0.39 is 0 Å². The molecular weight excluding hydrogens is 473 g/mol. The van der Waals surface area contributed by atoms with E-state index in [-0.39, 0.29) is 83.9 Å². The van der Waals surface area contributed by atoms with Gasteiger partial charge < -0.3 is 62.8 Å². The smallest absolute Gasteiger partial charge is 1.00 e. The van der Waals surface area contributed by atoms with Gasteiger partial charge in [0.05, 0.1) is 0 Å². The van der Waals surface area contributed by atoms with Crippen LogP contribution >= 0.6 is 0 Å². The van der Waals surface area contributed by atoms with Gasteiger partial charge in [0.2, 0.25) is 0 Å². The van der Waals surface area contributed by atoms with Gasteiger partial charge in [-0.1, -0.05) is 0 Å². The minimum atomic E-state index is 0. The average Bonchev–Trinajstić information content (AvgIpc) is 0. The fraction of sp³-hybridized carbons (Fsp3) is 0. The molecule has 0 nitrogen and oxygen atoms in total. The molecule has 0 rings (SSSR count). The molecule has 0 heterocycles. The van der Waals surface area contributed by atoms with Crippen LogP contribution in [0.15, 0.2) is 0 Å². The first-order valence-corrected chi connectivity index (χ1v) is 0. The predicted molar refractivity (Wildman–Crippen MR) is 12.8 cm³/mol. The fourth-order valence-electron chi connectivity index (χ4n) is 0.